The van der Waals surface area contributed by atoms with Gasteiger partial charge in [0, 0.05) is 32.7 Å². The average Bonchev–Trinajstić information content (AvgIpc) is 2.73. The lowest BCUT2D eigenvalue weighted by Crippen LogP contribution is -2.39. The number of guanidine groups is 1. The molecule has 6 heteroatoms. The highest BCUT2D eigenvalue weighted by molar-refractivity contribution is 5.94. The van der Waals surface area contributed by atoms with Crippen LogP contribution in [0.2, 0.25) is 0 Å². The number of hydrogen-bond acceptors (Lipinski definition) is 3. The maximum Gasteiger partial charge on any atom is 0.251 e. The van der Waals surface area contributed by atoms with E-state index in [0.717, 1.165) is 48.8 Å². The summed E-state index contributed by atoms with van der Waals surface area (Å²) in [5.74, 6) is 1.63. The highest BCUT2D eigenvalue weighted by Gasteiger charge is 2.04. The lowest BCUT2D eigenvalue weighted by Gasteiger charge is -2.13. The van der Waals surface area contributed by atoms with E-state index in [9.17, 15) is 4.79 Å². The zero-order valence-electron chi connectivity index (χ0n) is 16.9. The number of hydrogen-bond donors (Lipinski definition) is 3. The van der Waals surface area contributed by atoms with Gasteiger partial charge in [-0.15, -0.1) is 0 Å². The maximum absolute atomic E-state index is 11.7. The molecule has 6 nitrogen and oxygen atoms in total. The number of aryl methyl sites for hydroxylation is 1. The Bertz CT molecular complexity index is 790. The second-order valence-electron chi connectivity index (χ2n) is 6.42. The van der Waals surface area contributed by atoms with Gasteiger partial charge in [-0.05, 0) is 49.1 Å². The Balaban J connectivity index is 1.66. The van der Waals surface area contributed by atoms with Crippen molar-refractivity contribution in [3.63, 3.8) is 0 Å². The summed E-state index contributed by atoms with van der Waals surface area (Å²) in [4.78, 5) is 15.9. The Hall–Kier alpha value is -3.02. The number of aliphatic imine (C=N–C) groups is 1. The van der Waals surface area contributed by atoms with Gasteiger partial charge in [-0.2, -0.15) is 0 Å². The Morgan fingerprint density at radius 1 is 1.07 bits per heavy atom. The van der Waals surface area contributed by atoms with Crippen LogP contribution in [0.1, 0.15) is 27.9 Å². The molecule has 0 aromatic heterocycles. The van der Waals surface area contributed by atoms with Crippen LogP contribution in [0.4, 0.5) is 0 Å². The van der Waals surface area contributed by atoms with Crippen LogP contribution in [0.3, 0.4) is 0 Å². The normalized spacial score (nSPS) is 11.0. The molecule has 150 valence electrons. The molecule has 0 aliphatic rings. The van der Waals surface area contributed by atoms with Gasteiger partial charge in [0.1, 0.15) is 5.75 Å². The summed E-state index contributed by atoms with van der Waals surface area (Å²) in [5.41, 5.74) is 2.93. The Labute approximate surface area is 167 Å². The molecule has 0 aliphatic carbocycles. The van der Waals surface area contributed by atoms with Crippen molar-refractivity contribution in [1.29, 1.82) is 0 Å². The zero-order chi connectivity index (χ0) is 20.2. The van der Waals surface area contributed by atoms with E-state index in [2.05, 4.69) is 20.9 Å². The number of nitrogens with one attached hydrogen (secondary N) is 3. The SMILES string of the molecule is CN=C(NCCCOc1ccccc1C)NCCc1cccc(C(=O)NC)c1. The zero-order valence-corrected chi connectivity index (χ0v) is 16.9. The van der Waals surface area contributed by atoms with Gasteiger partial charge in [0.15, 0.2) is 5.96 Å². The third kappa shape index (κ3) is 6.95. The van der Waals surface area contributed by atoms with Gasteiger partial charge >= 0.3 is 0 Å². The lowest BCUT2D eigenvalue weighted by molar-refractivity contribution is 0.0963. The van der Waals surface area contributed by atoms with Gasteiger partial charge < -0.3 is 20.7 Å². The Morgan fingerprint density at radius 2 is 1.86 bits per heavy atom. The fourth-order valence-corrected chi connectivity index (χ4v) is 2.74. The van der Waals surface area contributed by atoms with Gasteiger partial charge in [0.2, 0.25) is 0 Å². The summed E-state index contributed by atoms with van der Waals surface area (Å²) in [7, 11) is 3.39. The molecular weight excluding hydrogens is 352 g/mol. The van der Waals surface area contributed by atoms with E-state index in [4.69, 9.17) is 4.74 Å². The molecule has 0 bridgehead atoms. The second kappa shape index (κ2) is 11.6. The number of carbonyl (C=O) groups is 1. The smallest absolute Gasteiger partial charge is 0.251 e. The first kappa shape index (κ1) is 21.3. The summed E-state index contributed by atoms with van der Waals surface area (Å²) in [6.45, 7) is 4.21. The molecule has 0 radical (unpaired) electrons. The van der Waals surface area contributed by atoms with Crippen molar-refractivity contribution in [3.8, 4) is 5.75 Å². The molecule has 0 heterocycles. The van der Waals surface area contributed by atoms with Gasteiger partial charge in [-0.3, -0.25) is 9.79 Å². The van der Waals surface area contributed by atoms with Crippen molar-refractivity contribution in [3.05, 3.63) is 65.2 Å². The predicted octanol–water partition coefficient (Wildman–Crippen LogP) is 2.53. The van der Waals surface area contributed by atoms with E-state index in [1.165, 1.54) is 0 Å². The predicted molar refractivity (Wildman–Crippen MR) is 114 cm³/mol. The number of carbonyl (C=O) groups excluding carboxylic acids is 1. The molecule has 0 aliphatic heterocycles. The first-order valence-corrected chi connectivity index (χ1v) is 9.58. The first-order chi connectivity index (χ1) is 13.6. The van der Waals surface area contributed by atoms with Crippen LogP contribution in [0.25, 0.3) is 0 Å². The fourth-order valence-electron chi connectivity index (χ4n) is 2.74. The van der Waals surface area contributed by atoms with Crippen molar-refractivity contribution < 1.29 is 9.53 Å². The summed E-state index contributed by atoms with van der Waals surface area (Å²) in [6.07, 6.45) is 1.69. The van der Waals surface area contributed by atoms with E-state index >= 15 is 0 Å². The van der Waals surface area contributed by atoms with Gasteiger partial charge in [-0.25, -0.2) is 0 Å². The third-order valence-corrected chi connectivity index (χ3v) is 4.31. The van der Waals surface area contributed by atoms with Crippen molar-refractivity contribution >= 4 is 11.9 Å². The molecule has 2 rings (SSSR count). The van der Waals surface area contributed by atoms with Crippen molar-refractivity contribution in [1.82, 2.24) is 16.0 Å². The Kier molecular flexibility index (Phi) is 8.85. The molecule has 1 amide bonds. The Morgan fingerprint density at radius 3 is 2.61 bits per heavy atom. The highest BCUT2D eigenvalue weighted by atomic mass is 16.5. The number of para-hydroxylation sites is 1. The summed E-state index contributed by atoms with van der Waals surface area (Å²) in [6, 6.07) is 15.7. The van der Waals surface area contributed by atoms with Crippen molar-refractivity contribution in [2.24, 2.45) is 4.99 Å². The van der Waals surface area contributed by atoms with E-state index in [1.54, 1.807) is 14.1 Å². The molecule has 0 atom stereocenters. The van der Waals surface area contributed by atoms with E-state index in [0.29, 0.717) is 12.2 Å². The number of rotatable bonds is 9. The molecule has 0 saturated heterocycles. The molecular formula is C22H30N4O2. The fraction of sp³-hybridized carbons (Fsp3) is 0.364. The molecule has 0 unspecified atom stereocenters. The van der Waals surface area contributed by atoms with Crippen molar-refractivity contribution in [2.75, 3.05) is 33.8 Å². The van der Waals surface area contributed by atoms with Crippen LogP contribution < -0.4 is 20.7 Å². The lowest BCUT2D eigenvalue weighted by atomic mass is 10.1. The highest BCUT2D eigenvalue weighted by Crippen LogP contribution is 2.15. The van der Waals surface area contributed by atoms with Crippen LogP contribution in [-0.2, 0) is 6.42 Å². The molecule has 0 saturated carbocycles. The molecule has 2 aromatic carbocycles. The average molecular weight is 383 g/mol. The first-order valence-electron chi connectivity index (χ1n) is 9.58. The van der Waals surface area contributed by atoms with E-state index in [-0.39, 0.29) is 5.91 Å². The number of benzene rings is 2. The number of ether oxygens (including phenoxy) is 1. The quantitative estimate of drug-likeness (QED) is 0.354. The molecule has 0 spiro atoms. The van der Waals surface area contributed by atoms with E-state index < -0.39 is 0 Å². The maximum atomic E-state index is 11.7. The van der Waals surface area contributed by atoms with Crippen LogP contribution in [0.5, 0.6) is 5.75 Å². The van der Waals surface area contributed by atoms with Crippen LogP contribution in [0.15, 0.2) is 53.5 Å². The van der Waals surface area contributed by atoms with Gasteiger partial charge in [0.05, 0.1) is 6.61 Å². The standard InChI is InChI=1S/C22H30N4O2/c1-17-8-4-5-11-20(17)28-15-7-13-25-22(24-3)26-14-12-18-9-6-10-19(16-18)21(27)23-2/h4-6,8-11,16H,7,12-15H2,1-3H3,(H,23,27)(H2,24,25,26). The number of amides is 1. The van der Waals surface area contributed by atoms with E-state index in [1.807, 2.05) is 55.5 Å². The molecule has 0 fully saturated rings. The summed E-state index contributed by atoms with van der Waals surface area (Å²) in [5, 5.41) is 9.23. The second-order valence-corrected chi connectivity index (χ2v) is 6.42. The van der Waals surface area contributed by atoms with Gasteiger partial charge in [0.25, 0.3) is 5.91 Å². The van der Waals surface area contributed by atoms with Crippen LogP contribution >= 0.6 is 0 Å². The molecule has 28 heavy (non-hydrogen) atoms. The molecule has 2 aromatic rings. The van der Waals surface area contributed by atoms with Crippen LogP contribution in [0, 0.1) is 6.92 Å². The summed E-state index contributed by atoms with van der Waals surface area (Å²) >= 11 is 0. The monoisotopic (exact) mass is 382 g/mol. The third-order valence-electron chi connectivity index (χ3n) is 4.31. The minimum atomic E-state index is -0.0693. The molecule has 3 N–H and O–H groups in total. The largest absolute Gasteiger partial charge is 0.493 e. The topological polar surface area (TPSA) is 74.8 Å². The number of nitrogens with zero attached hydrogens (tertiary/aromatic N) is 1. The minimum absolute atomic E-state index is 0.0693. The van der Waals surface area contributed by atoms with Crippen LogP contribution in [-0.4, -0.2) is 45.7 Å². The van der Waals surface area contributed by atoms with Crippen molar-refractivity contribution in [2.45, 2.75) is 19.8 Å². The van der Waals surface area contributed by atoms with Gasteiger partial charge in [-0.1, -0.05) is 30.3 Å². The summed E-state index contributed by atoms with van der Waals surface area (Å²) < 4.78 is 5.80. The minimum Gasteiger partial charge on any atom is -0.493 e.